The number of carbonyl (C=O) groups is 1. The van der Waals surface area contributed by atoms with Gasteiger partial charge < -0.3 is 15.0 Å². The Morgan fingerprint density at radius 1 is 1.18 bits per heavy atom. The van der Waals surface area contributed by atoms with Crippen molar-refractivity contribution in [3.8, 4) is 5.75 Å². The zero-order valence-corrected chi connectivity index (χ0v) is 17.8. The first-order valence-electron chi connectivity index (χ1n) is 11.5. The van der Waals surface area contributed by atoms with Crippen molar-refractivity contribution in [3.05, 3.63) is 29.3 Å². The number of rotatable bonds is 9. The Morgan fingerprint density at radius 3 is 2.79 bits per heavy atom. The van der Waals surface area contributed by atoms with Crippen molar-refractivity contribution in [2.75, 3.05) is 19.6 Å². The van der Waals surface area contributed by atoms with E-state index in [1.54, 1.807) is 0 Å². The van der Waals surface area contributed by atoms with Gasteiger partial charge >= 0.3 is 0 Å². The molecule has 1 aliphatic heterocycles. The molecule has 2 aliphatic rings. The van der Waals surface area contributed by atoms with E-state index in [1.165, 1.54) is 62.6 Å². The Morgan fingerprint density at radius 2 is 2.00 bits per heavy atom. The molecule has 0 unspecified atom stereocenters. The van der Waals surface area contributed by atoms with Crippen LogP contribution in [0.15, 0.2) is 18.2 Å². The zero-order chi connectivity index (χ0) is 19.8. The van der Waals surface area contributed by atoms with Gasteiger partial charge in [-0.2, -0.15) is 0 Å². The molecule has 1 heterocycles. The summed E-state index contributed by atoms with van der Waals surface area (Å²) in [5.74, 6) is 0.854. The second-order valence-electron chi connectivity index (χ2n) is 8.39. The maximum Gasteiger partial charge on any atom is 0.261 e. The van der Waals surface area contributed by atoms with E-state index < -0.39 is 6.10 Å². The van der Waals surface area contributed by atoms with E-state index in [0.717, 1.165) is 37.7 Å². The number of aryl methyl sites for hydroxylation is 2. The molecular weight excluding hydrogens is 348 g/mol. The van der Waals surface area contributed by atoms with Crippen LogP contribution in [0.1, 0.15) is 76.3 Å². The van der Waals surface area contributed by atoms with Crippen LogP contribution in [0.3, 0.4) is 0 Å². The fourth-order valence-corrected chi connectivity index (χ4v) is 4.69. The minimum atomic E-state index is -0.403. The predicted molar refractivity (Wildman–Crippen MR) is 115 cm³/mol. The second kappa shape index (κ2) is 10.8. The van der Waals surface area contributed by atoms with Crippen LogP contribution < -0.4 is 10.1 Å². The summed E-state index contributed by atoms with van der Waals surface area (Å²) in [6.45, 7) is 7.33. The van der Waals surface area contributed by atoms with Crippen molar-refractivity contribution in [1.82, 2.24) is 10.2 Å². The average molecular weight is 387 g/mol. The summed E-state index contributed by atoms with van der Waals surface area (Å²) in [5, 5.41) is 3.10. The molecule has 0 bridgehead atoms. The molecule has 0 aromatic heterocycles. The summed E-state index contributed by atoms with van der Waals surface area (Å²) >= 11 is 0. The Balaban J connectivity index is 1.43. The van der Waals surface area contributed by atoms with Crippen LogP contribution in [0.25, 0.3) is 0 Å². The first-order chi connectivity index (χ1) is 13.7. The van der Waals surface area contributed by atoms with Gasteiger partial charge in [-0.1, -0.05) is 26.3 Å². The first-order valence-corrected chi connectivity index (χ1v) is 11.5. The minimum absolute atomic E-state index is 0.0194. The number of ether oxygens (including phenoxy) is 1. The van der Waals surface area contributed by atoms with Gasteiger partial charge in [0, 0.05) is 19.1 Å². The number of amides is 1. The summed E-state index contributed by atoms with van der Waals surface area (Å²) < 4.78 is 6.05. The summed E-state index contributed by atoms with van der Waals surface area (Å²) in [4.78, 5) is 15.2. The van der Waals surface area contributed by atoms with Crippen LogP contribution in [-0.2, 0) is 17.6 Å². The number of nitrogens with zero attached hydrogens (tertiary/aromatic N) is 1. The van der Waals surface area contributed by atoms with Gasteiger partial charge in [0.1, 0.15) is 5.75 Å². The fraction of sp³-hybridized carbons (Fsp3) is 0.708. The van der Waals surface area contributed by atoms with Gasteiger partial charge in [0.15, 0.2) is 6.10 Å². The topological polar surface area (TPSA) is 41.6 Å². The number of fused-ring (bicyclic) bond motifs is 1. The highest BCUT2D eigenvalue weighted by molar-refractivity contribution is 5.81. The molecule has 1 aromatic carbocycles. The van der Waals surface area contributed by atoms with E-state index >= 15 is 0 Å². The Hall–Kier alpha value is -1.55. The highest BCUT2D eigenvalue weighted by Crippen LogP contribution is 2.26. The highest BCUT2D eigenvalue weighted by atomic mass is 16.5. The molecule has 0 radical (unpaired) electrons. The van der Waals surface area contributed by atoms with Crippen molar-refractivity contribution >= 4 is 5.91 Å². The number of carbonyl (C=O) groups excluding carboxylic acids is 1. The Labute approximate surface area is 171 Å². The van der Waals surface area contributed by atoms with Crippen LogP contribution in [0, 0.1) is 0 Å². The second-order valence-corrected chi connectivity index (χ2v) is 8.39. The molecule has 1 saturated heterocycles. The minimum Gasteiger partial charge on any atom is -0.481 e. The van der Waals surface area contributed by atoms with Gasteiger partial charge in [-0.15, -0.1) is 0 Å². The number of piperidine rings is 1. The van der Waals surface area contributed by atoms with E-state index in [4.69, 9.17) is 4.74 Å². The lowest BCUT2D eigenvalue weighted by Crippen LogP contribution is -2.42. The first kappa shape index (κ1) is 21.2. The van der Waals surface area contributed by atoms with Gasteiger partial charge in [-0.25, -0.2) is 0 Å². The summed E-state index contributed by atoms with van der Waals surface area (Å²) in [5.41, 5.74) is 2.84. The third-order valence-corrected chi connectivity index (χ3v) is 6.40. The van der Waals surface area contributed by atoms with Crippen molar-refractivity contribution < 1.29 is 9.53 Å². The van der Waals surface area contributed by atoms with Crippen LogP contribution >= 0.6 is 0 Å². The number of benzene rings is 1. The number of likely N-dealkylation sites (tertiary alicyclic amines) is 1. The van der Waals surface area contributed by atoms with Gasteiger partial charge in [-0.05, 0) is 87.6 Å². The summed E-state index contributed by atoms with van der Waals surface area (Å²) in [6, 6.07) is 7.09. The smallest absolute Gasteiger partial charge is 0.261 e. The summed E-state index contributed by atoms with van der Waals surface area (Å²) in [6.07, 6.45) is 11.4. The molecule has 1 aliphatic carbocycles. The van der Waals surface area contributed by atoms with E-state index in [2.05, 4.69) is 29.3 Å². The molecule has 2 atom stereocenters. The van der Waals surface area contributed by atoms with Crippen LogP contribution in [0.2, 0.25) is 0 Å². The molecule has 1 amide bonds. The van der Waals surface area contributed by atoms with Gasteiger partial charge in [0.2, 0.25) is 0 Å². The van der Waals surface area contributed by atoms with E-state index in [1.807, 2.05) is 13.0 Å². The Kier molecular flexibility index (Phi) is 8.20. The number of hydrogen-bond donors (Lipinski definition) is 1. The monoisotopic (exact) mass is 386 g/mol. The molecule has 3 rings (SSSR count). The molecule has 1 aromatic rings. The highest BCUT2D eigenvalue weighted by Gasteiger charge is 2.21. The number of nitrogens with one attached hydrogen (secondary N) is 1. The van der Waals surface area contributed by atoms with Crippen molar-refractivity contribution in [1.29, 1.82) is 0 Å². The lowest BCUT2D eigenvalue weighted by molar-refractivity contribution is -0.128. The van der Waals surface area contributed by atoms with E-state index in [-0.39, 0.29) is 5.91 Å². The zero-order valence-electron chi connectivity index (χ0n) is 17.8. The molecule has 156 valence electrons. The molecule has 28 heavy (non-hydrogen) atoms. The molecule has 0 spiro atoms. The lowest BCUT2D eigenvalue weighted by Gasteiger charge is -2.35. The van der Waals surface area contributed by atoms with Crippen LogP contribution in [-0.4, -0.2) is 42.6 Å². The molecule has 1 fully saturated rings. The molecule has 1 N–H and O–H groups in total. The summed E-state index contributed by atoms with van der Waals surface area (Å²) in [7, 11) is 0. The average Bonchev–Trinajstić information content (AvgIpc) is 2.75. The molecule has 4 nitrogen and oxygen atoms in total. The Bertz CT molecular complexity index is 631. The van der Waals surface area contributed by atoms with Gasteiger partial charge in [-0.3, -0.25) is 4.79 Å². The normalized spacial score (nSPS) is 21.0. The maximum atomic E-state index is 12.6. The molecule has 4 heteroatoms. The molecule has 0 saturated carbocycles. The van der Waals surface area contributed by atoms with E-state index in [0.29, 0.717) is 6.42 Å². The number of hydrogen-bond acceptors (Lipinski definition) is 3. The third kappa shape index (κ3) is 5.73. The maximum absolute atomic E-state index is 12.6. The van der Waals surface area contributed by atoms with E-state index in [9.17, 15) is 4.79 Å². The van der Waals surface area contributed by atoms with Crippen molar-refractivity contribution in [2.24, 2.45) is 0 Å². The quantitative estimate of drug-likeness (QED) is 0.636. The van der Waals surface area contributed by atoms with Crippen molar-refractivity contribution in [2.45, 2.75) is 90.2 Å². The van der Waals surface area contributed by atoms with Gasteiger partial charge in [0.05, 0.1) is 0 Å². The predicted octanol–water partition coefficient (Wildman–Crippen LogP) is 4.49. The van der Waals surface area contributed by atoms with Gasteiger partial charge in [0.25, 0.3) is 5.91 Å². The fourth-order valence-electron chi connectivity index (χ4n) is 4.69. The SMILES string of the molecule is CC[C@H]1CCCCN1CCCNC(=O)[C@H](CC)Oc1ccc2c(c1)CCCC2. The molecular formula is C24H38N2O2. The van der Waals surface area contributed by atoms with Crippen LogP contribution in [0.4, 0.5) is 0 Å². The van der Waals surface area contributed by atoms with Crippen molar-refractivity contribution in [3.63, 3.8) is 0 Å². The van der Waals surface area contributed by atoms with Crippen LogP contribution in [0.5, 0.6) is 5.75 Å². The lowest BCUT2D eigenvalue weighted by atomic mass is 9.92. The third-order valence-electron chi connectivity index (χ3n) is 6.40. The largest absolute Gasteiger partial charge is 0.481 e. The standard InChI is InChI=1S/C24H38N2O2/c1-3-21-12-7-8-16-26(21)17-9-15-25-24(27)23(4-2)28-22-14-13-19-10-5-6-11-20(19)18-22/h13-14,18,21,23H,3-12,15-17H2,1-2H3,(H,25,27)/t21-,23-/m0/s1.